The monoisotopic (exact) mass is 297 g/mol. The van der Waals surface area contributed by atoms with Crippen molar-refractivity contribution < 1.29 is 4.74 Å². The molecular formula is C13H19N3OS2. The second-order valence-corrected chi connectivity index (χ2v) is 7.08. The van der Waals surface area contributed by atoms with Crippen LogP contribution >= 0.6 is 23.5 Å². The molecule has 104 valence electrons. The van der Waals surface area contributed by atoms with Crippen molar-refractivity contribution in [3.05, 3.63) is 17.1 Å². The molecule has 0 aliphatic carbocycles. The summed E-state index contributed by atoms with van der Waals surface area (Å²) in [6, 6.07) is 0. The molecular weight excluding hydrogens is 278 g/mol. The summed E-state index contributed by atoms with van der Waals surface area (Å²) in [6.07, 6.45) is 0.910. The van der Waals surface area contributed by atoms with Gasteiger partial charge in [0.1, 0.15) is 11.6 Å². The molecule has 2 aliphatic heterocycles. The summed E-state index contributed by atoms with van der Waals surface area (Å²) in [5.74, 6) is 5.58. The van der Waals surface area contributed by atoms with E-state index in [-0.39, 0.29) is 0 Å². The summed E-state index contributed by atoms with van der Waals surface area (Å²) >= 11 is 4.00. The second-order valence-electron chi connectivity index (χ2n) is 4.62. The van der Waals surface area contributed by atoms with Crippen LogP contribution in [0.25, 0.3) is 0 Å². The van der Waals surface area contributed by atoms with Gasteiger partial charge in [-0.1, -0.05) is 0 Å². The van der Waals surface area contributed by atoms with Crippen LogP contribution in [0.4, 0.5) is 5.82 Å². The number of hydrogen-bond donors (Lipinski definition) is 1. The molecule has 0 spiro atoms. The van der Waals surface area contributed by atoms with Gasteiger partial charge in [0.25, 0.3) is 0 Å². The molecule has 3 heterocycles. The summed E-state index contributed by atoms with van der Waals surface area (Å²) < 4.78 is 5.54. The second kappa shape index (κ2) is 6.33. The molecule has 0 amide bonds. The van der Waals surface area contributed by atoms with Gasteiger partial charge in [-0.15, -0.1) is 11.8 Å². The molecule has 2 aliphatic rings. The van der Waals surface area contributed by atoms with Crippen molar-refractivity contribution in [2.24, 2.45) is 0 Å². The SMILES string of the molecule is CCNc1nc(C2CSCCS2)nc2c1COCC2. The fourth-order valence-corrected chi connectivity index (χ4v) is 4.94. The van der Waals surface area contributed by atoms with Gasteiger partial charge in [0.05, 0.1) is 24.2 Å². The Morgan fingerprint density at radius 1 is 1.37 bits per heavy atom. The maximum Gasteiger partial charge on any atom is 0.144 e. The maximum atomic E-state index is 5.54. The van der Waals surface area contributed by atoms with Crippen LogP contribution < -0.4 is 5.32 Å². The van der Waals surface area contributed by atoms with Gasteiger partial charge in [0.15, 0.2) is 0 Å². The van der Waals surface area contributed by atoms with E-state index in [4.69, 9.17) is 14.7 Å². The fraction of sp³-hybridized carbons (Fsp3) is 0.692. The molecule has 6 heteroatoms. The minimum Gasteiger partial charge on any atom is -0.376 e. The van der Waals surface area contributed by atoms with Gasteiger partial charge >= 0.3 is 0 Å². The summed E-state index contributed by atoms with van der Waals surface area (Å²) in [5.41, 5.74) is 2.34. The van der Waals surface area contributed by atoms with Crippen LogP contribution in [-0.4, -0.2) is 40.4 Å². The number of nitrogens with one attached hydrogen (secondary N) is 1. The minimum atomic E-state index is 0.448. The first-order chi connectivity index (χ1) is 9.38. The maximum absolute atomic E-state index is 5.54. The Balaban J connectivity index is 1.93. The Bertz CT molecular complexity index is 450. The van der Waals surface area contributed by atoms with Gasteiger partial charge in [-0.05, 0) is 6.92 Å². The zero-order valence-electron chi connectivity index (χ0n) is 11.1. The highest BCUT2D eigenvalue weighted by molar-refractivity contribution is 8.06. The molecule has 19 heavy (non-hydrogen) atoms. The quantitative estimate of drug-likeness (QED) is 0.925. The third kappa shape index (κ3) is 3.01. The molecule has 0 aromatic carbocycles. The predicted molar refractivity (Wildman–Crippen MR) is 82.1 cm³/mol. The largest absolute Gasteiger partial charge is 0.376 e. The Hall–Kier alpha value is -0.460. The molecule has 1 saturated heterocycles. The van der Waals surface area contributed by atoms with E-state index < -0.39 is 0 Å². The van der Waals surface area contributed by atoms with Gasteiger partial charge in [0, 0.05) is 35.8 Å². The minimum absolute atomic E-state index is 0.448. The lowest BCUT2D eigenvalue weighted by atomic mass is 10.1. The van der Waals surface area contributed by atoms with E-state index in [1.165, 1.54) is 17.2 Å². The molecule has 0 saturated carbocycles. The van der Waals surface area contributed by atoms with E-state index in [0.29, 0.717) is 11.9 Å². The van der Waals surface area contributed by atoms with E-state index in [1.807, 2.05) is 23.5 Å². The average molecular weight is 297 g/mol. The summed E-state index contributed by atoms with van der Waals surface area (Å²) in [6.45, 7) is 4.41. The highest BCUT2D eigenvalue weighted by atomic mass is 32.2. The van der Waals surface area contributed by atoms with E-state index in [1.54, 1.807) is 0 Å². The van der Waals surface area contributed by atoms with Gasteiger partial charge < -0.3 is 10.1 Å². The van der Waals surface area contributed by atoms with Crippen LogP contribution in [0, 0.1) is 0 Å². The molecule has 0 bridgehead atoms. The smallest absolute Gasteiger partial charge is 0.144 e. The highest BCUT2D eigenvalue weighted by Crippen LogP contribution is 2.36. The van der Waals surface area contributed by atoms with Gasteiger partial charge in [-0.3, -0.25) is 0 Å². The van der Waals surface area contributed by atoms with Crippen molar-refractivity contribution in [3.63, 3.8) is 0 Å². The topological polar surface area (TPSA) is 47.0 Å². The summed E-state index contributed by atoms with van der Waals surface area (Å²) in [5, 5.41) is 3.82. The molecule has 4 nitrogen and oxygen atoms in total. The number of aromatic nitrogens is 2. The van der Waals surface area contributed by atoms with Crippen molar-refractivity contribution in [1.29, 1.82) is 0 Å². The Morgan fingerprint density at radius 2 is 2.32 bits per heavy atom. The van der Waals surface area contributed by atoms with Crippen LogP contribution in [0.15, 0.2) is 0 Å². The van der Waals surface area contributed by atoms with Crippen LogP contribution in [0.2, 0.25) is 0 Å². The van der Waals surface area contributed by atoms with Crippen molar-refractivity contribution in [2.45, 2.75) is 25.2 Å². The van der Waals surface area contributed by atoms with Crippen LogP contribution in [-0.2, 0) is 17.8 Å². The van der Waals surface area contributed by atoms with E-state index >= 15 is 0 Å². The van der Waals surface area contributed by atoms with E-state index in [9.17, 15) is 0 Å². The lowest BCUT2D eigenvalue weighted by Crippen LogP contribution is -2.20. The zero-order chi connectivity index (χ0) is 13.1. The molecule has 1 fully saturated rings. The number of ether oxygens (including phenoxy) is 1. The standard InChI is InChI=1S/C13H19N3OS2/c1-2-14-12-9-7-17-4-3-10(9)15-13(16-12)11-8-18-5-6-19-11/h11H,2-8H2,1H3,(H,14,15,16). The molecule has 3 rings (SSSR count). The van der Waals surface area contributed by atoms with Crippen LogP contribution in [0.5, 0.6) is 0 Å². The van der Waals surface area contributed by atoms with Gasteiger partial charge in [0.2, 0.25) is 0 Å². The third-order valence-electron chi connectivity index (χ3n) is 3.29. The number of rotatable bonds is 3. The van der Waals surface area contributed by atoms with Crippen molar-refractivity contribution in [3.8, 4) is 0 Å². The third-order valence-corrected chi connectivity index (χ3v) is 6.04. The summed E-state index contributed by atoms with van der Waals surface area (Å²) in [7, 11) is 0. The Morgan fingerprint density at radius 3 is 3.11 bits per heavy atom. The molecule has 1 unspecified atom stereocenters. The number of thioether (sulfide) groups is 2. The molecule has 1 atom stereocenters. The fourth-order valence-electron chi connectivity index (χ4n) is 2.35. The van der Waals surface area contributed by atoms with Crippen LogP contribution in [0.1, 0.15) is 29.3 Å². The molecule has 1 aromatic rings. The van der Waals surface area contributed by atoms with Crippen molar-refractivity contribution in [2.75, 3.05) is 35.7 Å². The highest BCUT2D eigenvalue weighted by Gasteiger charge is 2.24. The van der Waals surface area contributed by atoms with Crippen LogP contribution in [0.3, 0.4) is 0 Å². The zero-order valence-corrected chi connectivity index (χ0v) is 12.8. The lowest BCUT2D eigenvalue weighted by molar-refractivity contribution is 0.109. The van der Waals surface area contributed by atoms with Crippen molar-refractivity contribution in [1.82, 2.24) is 9.97 Å². The normalized spacial score (nSPS) is 22.9. The Kier molecular flexibility index (Phi) is 4.50. The number of nitrogens with zero attached hydrogens (tertiary/aromatic N) is 2. The molecule has 1 aromatic heterocycles. The summed E-state index contributed by atoms with van der Waals surface area (Å²) in [4.78, 5) is 9.58. The molecule has 1 N–H and O–H groups in total. The Labute approximate surface area is 122 Å². The van der Waals surface area contributed by atoms with E-state index in [0.717, 1.165) is 42.5 Å². The number of anilines is 1. The average Bonchev–Trinajstić information content (AvgIpc) is 2.48. The molecule has 0 radical (unpaired) electrons. The van der Waals surface area contributed by atoms with E-state index in [2.05, 4.69) is 12.2 Å². The van der Waals surface area contributed by atoms with Gasteiger partial charge in [-0.25, -0.2) is 9.97 Å². The predicted octanol–water partition coefficient (Wildman–Crippen LogP) is 2.50. The van der Waals surface area contributed by atoms with Crippen molar-refractivity contribution >= 4 is 29.3 Å². The lowest BCUT2D eigenvalue weighted by Gasteiger charge is -2.24. The first-order valence-electron chi connectivity index (χ1n) is 6.79. The van der Waals surface area contributed by atoms with Gasteiger partial charge in [-0.2, -0.15) is 11.8 Å². The first kappa shape index (κ1) is 13.5. The first-order valence-corrected chi connectivity index (χ1v) is 8.99. The number of hydrogen-bond acceptors (Lipinski definition) is 6. The number of fused-ring (bicyclic) bond motifs is 1.